The van der Waals surface area contributed by atoms with Gasteiger partial charge in [-0.05, 0) is 44.1 Å². The van der Waals surface area contributed by atoms with Crippen LogP contribution < -0.4 is 5.73 Å². The highest BCUT2D eigenvalue weighted by Gasteiger charge is 2.07. The number of nitrogens with two attached hydrogens (primary N) is 1. The van der Waals surface area contributed by atoms with Crippen LogP contribution in [0.15, 0.2) is 24.3 Å². The van der Waals surface area contributed by atoms with Gasteiger partial charge in [0.1, 0.15) is 0 Å². The molecule has 0 radical (unpaired) electrons. The molecule has 1 rings (SSSR count). The van der Waals surface area contributed by atoms with Crippen molar-refractivity contribution in [3.8, 4) is 0 Å². The molecule has 1 aromatic carbocycles. The zero-order valence-corrected chi connectivity index (χ0v) is 10.8. The summed E-state index contributed by atoms with van der Waals surface area (Å²) in [5.74, 6) is -0.330. The van der Waals surface area contributed by atoms with Gasteiger partial charge in [0.15, 0.2) is 0 Å². The van der Waals surface area contributed by atoms with Crippen molar-refractivity contribution in [2.24, 2.45) is 5.73 Å². The lowest BCUT2D eigenvalue weighted by molar-refractivity contribution is 0.0999. The fourth-order valence-electron chi connectivity index (χ4n) is 2.01. The summed E-state index contributed by atoms with van der Waals surface area (Å²) < 4.78 is 0. The first kappa shape index (κ1) is 13.7. The molecular formula is C14H22N2O. The highest BCUT2D eigenvalue weighted by molar-refractivity contribution is 5.94. The molecule has 94 valence electrons. The van der Waals surface area contributed by atoms with Gasteiger partial charge in [0, 0.05) is 5.56 Å². The molecule has 0 bridgehead atoms. The Morgan fingerprint density at radius 3 is 2.47 bits per heavy atom. The average Bonchev–Trinajstić information content (AvgIpc) is 2.35. The van der Waals surface area contributed by atoms with Gasteiger partial charge in [-0.15, -0.1) is 0 Å². The van der Waals surface area contributed by atoms with E-state index in [4.69, 9.17) is 5.73 Å². The third kappa shape index (κ3) is 4.19. The molecule has 1 aromatic rings. The van der Waals surface area contributed by atoms with E-state index in [9.17, 15) is 4.79 Å². The van der Waals surface area contributed by atoms with E-state index in [1.54, 1.807) is 6.07 Å². The Labute approximate surface area is 104 Å². The van der Waals surface area contributed by atoms with Crippen LogP contribution in [0.2, 0.25) is 0 Å². The molecule has 0 saturated carbocycles. The summed E-state index contributed by atoms with van der Waals surface area (Å²) in [4.78, 5) is 13.6. The summed E-state index contributed by atoms with van der Waals surface area (Å²) >= 11 is 0. The summed E-state index contributed by atoms with van der Waals surface area (Å²) in [6, 6.07) is 7.60. The lowest BCUT2D eigenvalue weighted by Gasteiger charge is -2.17. The quantitative estimate of drug-likeness (QED) is 0.785. The van der Waals surface area contributed by atoms with Gasteiger partial charge in [-0.3, -0.25) is 4.79 Å². The first-order valence-corrected chi connectivity index (χ1v) is 6.29. The number of primary amides is 1. The largest absolute Gasteiger partial charge is 0.366 e. The Morgan fingerprint density at radius 2 is 1.88 bits per heavy atom. The number of carbonyl (C=O) groups excluding carboxylic acids is 1. The van der Waals surface area contributed by atoms with Gasteiger partial charge < -0.3 is 10.6 Å². The van der Waals surface area contributed by atoms with E-state index in [-0.39, 0.29) is 5.91 Å². The molecule has 3 nitrogen and oxygen atoms in total. The first-order chi connectivity index (χ1) is 8.19. The predicted octanol–water partition coefficient (Wildman–Crippen LogP) is 2.06. The summed E-state index contributed by atoms with van der Waals surface area (Å²) in [6.45, 7) is 7.56. The summed E-state index contributed by atoms with van der Waals surface area (Å²) in [5.41, 5.74) is 7.07. The van der Waals surface area contributed by atoms with Crippen LogP contribution in [-0.2, 0) is 6.42 Å². The minimum absolute atomic E-state index is 0.330. The Balaban J connectivity index is 2.54. The molecule has 0 spiro atoms. The predicted molar refractivity (Wildman–Crippen MR) is 71.1 cm³/mol. The van der Waals surface area contributed by atoms with Crippen LogP contribution in [0.4, 0.5) is 0 Å². The minimum Gasteiger partial charge on any atom is -0.366 e. The van der Waals surface area contributed by atoms with Crippen molar-refractivity contribution in [3.05, 3.63) is 35.4 Å². The summed E-state index contributed by atoms with van der Waals surface area (Å²) in [5, 5.41) is 0. The smallest absolute Gasteiger partial charge is 0.248 e. The Morgan fingerprint density at radius 1 is 1.24 bits per heavy atom. The van der Waals surface area contributed by atoms with Gasteiger partial charge in [0.25, 0.3) is 0 Å². The highest BCUT2D eigenvalue weighted by atomic mass is 16.1. The molecule has 0 aromatic heterocycles. The second-order valence-electron chi connectivity index (χ2n) is 4.15. The van der Waals surface area contributed by atoms with Crippen LogP contribution in [0, 0.1) is 0 Å². The van der Waals surface area contributed by atoms with Gasteiger partial charge in [-0.2, -0.15) is 0 Å². The lowest BCUT2D eigenvalue weighted by Crippen LogP contribution is -2.24. The summed E-state index contributed by atoms with van der Waals surface area (Å²) in [7, 11) is 0. The van der Waals surface area contributed by atoms with Gasteiger partial charge in [-0.1, -0.05) is 32.0 Å². The molecule has 0 fully saturated rings. The summed E-state index contributed by atoms with van der Waals surface area (Å²) in [6.07, 6.45) is 1.97. The number of carbonyl (C=O) groups is 1. The number of hydrogen-bond donors (Lipinski definition) is 1. The van der Waals surface area contributed by atoms with Gasteiger partial charge in [0.05, 0.1) is 0 Å². The van der Waals surface area contributed by atoms with E-state index in [0.717, 1.165) is 38.0 Å². The number of benzene rings is 1. The highest BCUT2D eigenvalue weighted by Crippen LogP contribution is 2.10. The van der Waals surface area contributed by atoms with Gasteiger partial charge in [0.2, 0.25) is 5.91 Å². The van der Waals surface area contributed by atoms with Crippen LogP contribution in [-0.4, -0.2) is 30.4 Å². The maximum Gasteiger partial charge on any atom is 0.248 e. The fourth-order valence-corrected chi connectivity index (χ4v) is 2.01. The molecule has 0 aliphatic rings. The fraction of sp³-hybridized carbons (Fsp3) is 0.500. The molecular weight excluding hydrogens is 212 g/mol. The second-order valence-corrected chi connectivity index (χ2v) is 4.15. The van der Waals surface area contributed by atoms with Crippen molar-refractivity contribution in [1.29, 1.82) is 0 Å². The van der Waals surface area contributed by atoms with Crippen LogP contribution in [0.1, 0.15) is 36.2 Å². The molecule has 0 saturated heterocycles. The molecule has 2 N–H and O–H groups in total. The number of nitrogens with zero attached hydrogens (tertiary/aromatic N) is 1. The van der Waals surface area contributed by atoms with Crippen molar-refractivity contribution in [2.75, 3.05) is 19.6 Å². The van der Waals surface area contributed by atoms with Crippen molar-refractivity contribution in [2.45, 2.75) is 26.7 Å². The lowest BCUT2D eigenvalue weighted by atomic mass is 10.0. The number of amides is 1. The van der Waals surface area contributed by atoms with E-state index in [2.05, 4.69) is 18.7 Å². The first-order valence-electron chi connectivity index (χ1n) is 6.29. The van der Waals surface area contributed by atoms with Crippen molar-refractivity contribution < 1.29 is 4.79 Å². The molecule has 3 heteroatoms. The third-order valence-electron chi connectivity index (χ3n) is 3.10. The Kier molecular flexibility index (Phi) is 5.70. The van der Waals surface area contributed by atoms with Gasteiger partial charge in [-0.25, -0.2) is 0 Å². The average molecular weight is 234 g/mol. The zero-order chi connectivity index (χ0) is 12.7. The van der Waals surface area contributed by atoms with Crippen LogP contribution >= 0.6 is 0 Å². The molecule has 0 aliphatic carbocycles. The third-order valence-corrected chi connectivity index (χ3v) is 3.10. The SMILES string of the molecule is CCN(CC)CCCc1ccccc1C(N)=O. The van der Waals surface area contributed by atoms with E-state index in [0.29, 0.717) is 5.56 Å². The van der Waals surface area contributed by atoms with Crippen LogP contribution in [0.25, 0.3) is 0 Å². The van der Waals surface area contributed by atoms with Crippen molar-refractivity contribution in [1.82, 2.24) is 4.90 Å². The molecule has 1 amide bonds. The minimum atomic E-state index is -0.330. The number of hydrogen-bond acceptors (Lipinski definition) is 2. The maximum atomic E-state index is 11.2. The normalized spacial score (nSPS) is 10.8. The standard InChI is InChI=1S/C14H22N2O/c1-3-16(4-2)11-7-9-12-8-5-6-10-13(12)14(15)17/h5-6,8,10H,3-4,7,9,11H2,1-2H3,(H2,15,17). The topological polar surface area (TPSA) is 46.3 Å². The number of aryl methyl sites for hydroxylation is 1. The van der Waals surface area contributed by atoms with E-state index in [1.165, 1.54) is 0 Å². The Hall–Kier alpha value is -1.35. The number of rotatable bonds is 7. The van der Waals surface area contributed by atoms with E-state index in [1.807, 2.05) is 18.2 Å². The van der Waals surface area contributed by atoms with Gasteiger partial charge >= 0.3 is 0 Å². The van der Waals surface area contributed by atoms with Crippen LogP contribution in [0.5, 0.6) is 0 Å². The molecule has 17 heavy (non-hydrogen) atoms. The molecule has 0 unspecified atom stereocenters. The van der Waals surface area contributed by atoms with Crippen molar-refractivity contribution in [3.63, 3.8) is 0 Å². The molecule has 0 atom stereocenters. The molecule has 0 heterocycles. The van der Waals surface area contributed by atoms with E-state index < -0.39 is 0 Å². The monoisotopic (exact) mass is 234 g/mol. The maximum absolute atomic E-state index is 11.2. The second kappa shape index (κ2) is 7.07. The van der Waals surface area contributed by atoms with Crippen LogP contribution in [0.3, 0.4) is 0 Å². The Bertz CT molecular complexity index is 359. The molecule has 0 aliphatic heterocycles. The zero-order valence-electron chi connectivity index (χ0n) is 10.8. The van der Waals surface area contributed by atoms with E-state index >= 15 is 0 Å². The van der Waals surface area contributed by atoms with Crippen molar-refractivity contribution >= 4 is 5.91 Å².